The monoisotopic (exact) mass is 380 g/mol. The van der Waals surface area contributed by atoms with Crippen LogP contribution in [0.2, 0.25) is 0 Å². The van der Waals surface area contributed by atoms with Crippen molar-refractivity contribution in [2.45, 2.75) is 71.0 Å². The van der Waals surface area contributed by atoms with Crippen molar-refractivity contribution in [2.24, 2.45) is 0 Å². The Morgan fingerprint density at radius 1 is 1.21 bits per heavy atom. The van der Waals surface area contributed by atoms with Crippen LogP contribution >= 0.6 is 0 Å². The lowest BCUT2D eigenvalue weighted by atomic mass is 9.94. The molecule has 1 aromatic carbocycles. The van der Waals surface area contributed by atoms with Crippen LogP contribution in [0.5, 0.6) is 0 Å². The van der Waals surface area contributed by atoms with Gasteiger partial charge in [-0.1, -0.05) is 24.3 Å². The van der Waals surface area contributed by atoms with Gasteiger partial charge in [-0.15, -0.1) is 0 Å². The molecule has 0 saturated carbocycles. The predicted molar refractivity (Wildman–Crippen MR) is 111 cm³/mol. The fourth-order valence-corrected chi connectivity index (χ4v) is 4.64. The lowest BCUT2D eigenvalue weighted by molar-refractivity contribution is -0.126. The van der Waals surface area contributed by atoms with Gasteiger partial charge in [-0.05, 0) is 70.2 Å². The number of fused-ring (bicyclic) bond motifs is 1. The van der Waals surface area contributed by atoms with Crippen molar-refractivity contribution in [3.63, 3.8) is 0 Å². The van der Waals surface area contributed by atoms with E-state index in [1.54, 1.807) is 0 Å². The Morgan fingerprint density at radius 2 is 2.00 bits per heavy atom. The highest BCUT2D eigenvalue weighted by molar-refractivity contribution is 5.81. The number of hydrogen-bond donors (Lipinski definition) is 1. The highest BCUT2D eigenvalue weighted by Gasteiger charge is 2.30. The molecule has 1 unspecified atom stereocenters. The summed E-state index contributed by atoms with van der Waals surface area (Å²) >= 11 is 0. The van der Waals surface area contributed by atoms with Gasteiger partial charge in [-0.3, -0.25) is 9.69 Å². The Hall–Kier alpha value is -2.14. The van der Waals surface area contributed by atoms with E-state index in [9.17, 15) is 4.79 Å². The van der Waals surface area contributed by atoms with Gasteiger partial charge in [0, 0.05) is 30.9 Å². The lowest BCUT2D eigenvalue weighted by Crippen LogP contribution is -2.48. The van der Waals surface area contributed by atoms with Crippen molar-refractivity contribution in [1.82, 2.24) is 19.8 Å². The van der Waals surface area contributed by atoms with Gasteiger partial charge in [-0.25, -0.2) is 4.98 Å². The average Bonchev–Trinajstić information content (AvgIpc) is 3.17. The van der Waals surface area contributed by atoms with Crippen LogP contribution < -0.4 is 5.32 Å². The second-order valence-electron chi connectivity index (χ2n) is 8.35. The third-order valence-corrected chi connectivity index (χ3v) is 6.57. The molecule has 0 radical (unpaired) electrons. The number of benzene rings is 1. The van der Waals surface area contributed by atoms with Gasteiger partial charge in [0.1, 0.15) is 5.82 Å². The Labute approximate surface area is 168 Å². The SMILES string of the molecule is Cc1ccccc1CNC(=O)C(C)N1CCC(c2ncc3n2CCCC3)CC1. The number of amides is 1. The molecule has 2 aliphatic rings. The fraction of sp³-hybridized carbons (Fsp3) is 0.565. The Bertz CT molecular complexity index is 820. The maximum atomic E-state index is 12.7. The van der Waals surface area contributed by atoms with Gasteiger partial charge in [0.25, 0.3) is 0 Å². The molecule has 1 fully saturated rings. The molecular formula is C23H32N4O. The highest BCUT2D eigenvalue weighted by atomic mass is 16.2. The van der Waals surface area contributed by atoms with Crippen LogP contribution in [0, 0.1) is 6.92 Å². The highest BCUT2D eigenvalue weighted by Crippen LogP contribution is 2.30. The fourth-order valence-electron chi connectivity index (χ4n) is 4.64. The van der Waals surface area contributed by atoms with Gasteiger partial charge in [-0.2, -0.15) is 0 Å². The maximum Gasteiger partial charge on any atom is 0.237 e. The molecule has 0 spiro atoms. The molecule has 1 aromatic heterocycles. The number of piperidine rings is 1. The minimum atomic E-state index is -0.0841. The van der Waals surface area contributed by atoms with Crippen molar-refractivity contribution in [2.75, 3.05) is 13.1 Å². The van der Waals surface area contributed by atoms with E-state index in [4.69, 9.17) is 4.98 Å². The smallest absolute Gasteiger partial charge is 0.237 e. The van der Waals surface area contributed by atoms with E-state index in [2.05, 4.69) is 40.0 Å². The Morgan fingerprint density at radius 3 is 2.79 bits per heavy atom. The van der Waals surface area contributed by atoms with E-state index in [-0.39, 0.29) is 11.9 Å². The van der Waals surface area contributed by atoms with Crippen LogP contribution in [0.4, 0.5) is 0 Å². The number of likely N-dealkylation sites (tertiary alicyclic amines) is 1. The van der Waals surface area contributed by atoms with E-state index in [0.717, 1.165) is 32.5 Å². The molecule has 0 aliphatic carbocycles. The number of aryl methyl sites for hydroxylation is 2. The number of carbonyl (C=O) groups is 1. The van der Waals surface area contributed by atoms with Crippen molar-refractivity contribution < 1.29 is 4.79 Å². The van der Waals surface area contributed by atoms with Crippen molar-refractivity contribution in [1.29, 1.82) is 0 Å². The second-order valence-corrected chi connectivity index (χ2v) is 8.35. The van der Waals surface area contributed by atoms with Crippen LogP contribution in [0.3, 0.4) is 0 Å². The quantitative estimate of drug-likeness (QED) is 0.865. The second kappa shape index (κ2) is 8.48. The van der Waals surface area contributed by atoms with Gasteiger partial charge in [0.15, 0.2) is 0 Å². The third-order valence-electron chi connectivity index (χ3n) is 6.57. The van der Waals surface area contributed by atoms with Gasteiger partial charge in [0.05, 0.1) is 6.04 Å². The zero-order chi connectivity index (χ0) is 19.5. The molecule has 5 nitrogen and oxygen atoms in total. The summed E-state index contributed by atoms with van der Waals surface area (Å²) in [5.41, 5.74) is 3.82. The van der Waals surface area contributed by atoms with Crippen LogP contribution in [0.15, 0.2) is 30.5 Å². The molecule has 3 heterocycles. The van der Waals surface area contributed by atoms with E-state index in [1.165, 1.54) is 41.9 Å². The van der Waals surface area contributed by atoms with Crippen LogP contribution in [-0.2, 0) is 24.3 Å². The molecule has 28 heavy (non-hydrogen) atoms. The summed E-state index contributed by atoms with van der Waals surface area (Å²) in [4.78, 5) is 19.7. The first-order chi connectivity index (χ1) is 13.6. The van der Waals surface area contributed by atoms with Gasteiger partial charge in [0.2, 0.25) is 5.91 Å². The number of nitrogens with zero attached hydrogens (tertiary/aromatic N) is 3. The molecule has 1 atom stereocenters. The number of carbonyl (C=O) groups excluding carboxylic acids is 1. The minimum Gasteiger partial charge on any atom is -0.351 e. The summed E-state index contributed by atoms with van der Waals surface area (Å²) in [7, 11) is 0. The molecular weight excluding hydrogens is 348 g/mol. The summed E-state index contributed by atoms with van der Waals surface area (Å²) in [5, 5.41) is 3.12. The van der Waals surface area contributed by atoms with Gasteiger partial charge >= 0.3 is 0 Å². The molecule has 1 amide bonds. The van der Waals surface area contributed by atoms with Crippen LogP contribution in [0.1, 0.15) is 61.2 Å². The predicted octanol–water partition coefficient (Wildman–Crippen LogP) is 3.41. The third kappa shape index (κ3) is 4.00. The minimum absolute atomic E-state index is 0.0841. The molecule has 1 N–H and O–H groups in total. The summed E-state index contributed by atoms with van der Waals surface area (Å²) in [6, 6.07) is 8.14. The van der Waals surface area contributed by atoms with Crippen molar-refractivity contribution >= 4 is 5.91 Å². The first-order valence-corrected chi connectivity index (χ1v) is 10.7. The maximum absolute atomic E-state index is 12.7. The number of nitrogens with one attached hydrogen (secondary N) is 1. The standard InChI is InChI=1S/C23H32N4O/c1-17-7-3-4-8-20(17)15-25-23(28)18(2)26-13-10-19(11-14-26)22-24-16-21-9-5-6-12-27(21)22/h3-4,7-8,16,18-19H,5-6,9-15H2,1-2H3,(H,25,28). The van der Waals surface area contributed by atoms with E-state index >= 15 is 0 Å². The number of hydrogen-bond acceptors (Lipinski definition) is 3. The first kappa shape index (κ1) is 19.2. The van der Waals surface area contributed by atoms with Gasteiger partial charge < -0.3 is 9.88 Å². The summed E-state index contributed by atoms with van der Waals surface area (Å²) < 4.78 is 2.46. The van der Waals surface area contributed by atoms with E-state index in [1.807, 2.05) is 19.1 Å². The summed E-state index contributed by atoms with van der Waals surface area (Å²) in [6.07, 6.45) is 8.00. The topological polar surface area (TPSA) is 50.2 Å². The largest absolute Gasteiger partial charge is 0.351 e. The number of rotatable bonds is 5. The molecule has 1 saturated heterocycles. The van der Waals surface area contributed by atoms with E-state index < -0.39 is 0 Å². The molecule has 4 rings (SSSR count). The molecule has 5 heteroatoms. The van der Waals surface area contributed by atoms with E-state index in [0.29, 0.717) is 12.5 Å². The number of aromatic nitrogens is 2. The summed E-state index contributed by atoms with van der Waals surface area (Å²) in [5.74, 6) is 1.94. The molecule has 2 aliphatic heterocycles. The lowest BCUT2D eigenvalue weighted by Gasteiger charge is -2.35. The van der Waals surface area contributed by atoms with Crippen LogP contribution in [0.25, 0.3) is 0 Å². The summed E-state index contributed by atoms with van der Waals surface area (Å²) in [6.45, 7) is 7.78. The Balaban J connectivity index is 1.30. The van der Waals surface area contributed by atoms with Crippen molar-refractivity contribution in [3.8, 4) is 0 Å². The van der Waals surface area contributed by atoms with Crippen LogP contribution in [-0.4, -0.2) is 39.5 Å². The Kier molecular flexibility index (Phi) is 5.81. The normalized spacial score (nSPS) is 19.2. The first-order valence-electron chi connectivity index (χ1n) is 10.7. The molecule has 2 aromatic rings. The number of imidazole rings is 1. The molecule has 150 valence electrons. The zero-order valence-electron chi connectivity index (χ0n) is 17.2. The zero-order valence-corrected chi connectivity index (χ0v) is 17.2. The van der Waals surface area contributed by atoms with Crippen molar-refractivity contribution in [3.05, 3.63) is 53.1 Å². The molecule has 0 bridgehead atoms. The average molecular weight is 381 g/mol.